The van der Waals surface area contributed by atoms with Crippen LogP contribution in [0.4, 0.5) is 0 Å². The Bertz CT molecular complexity index is 843. The van der Waals surface area contributed by atoms with Crippen LogP contribution in [-0.4, -0.2) is 36.3 Å². The first kappa shape index (κ1) is 16.1. The number of esters is 2. The Hall–Kier alpha value is -2.34. The summed E-state index contributed by atoms with van der Waals surface area (Å²) < 4.78 is 18.0. The smallest absolute Gasteiger partial charge is 0.340 e. The number of ether oxygens (including phenoxy) is 3. The van der Waals surface area contributed by atoms with Crippen LogP contribution in [0.5, 0.6) is 5.75 Å². The number of hydrogen-bond donors (Lipinski definition) is 0. The van der Waals surface area contributed by atoms with Crippen molar-refractivity contribution in [3.05, 3.63) is 29.5 Å². The summed E-state index contributed by atoms with van der Waals surface area (Å²) in [5.41, 5.74) is 2.41. The zero-order valence-electron chi connectivity index (χ0n) is 14.4. The number of methoxy groups -OCH3 is 1. The molecule has 0 spiro atoms. The van der Waals surface area contributed by atoms with Crippen molar-refractivity contribution in [2.24, 2.45) is 0 Å². The van der Waals surface area contributed by atoms with Gasteiger partial charge in [0.2, 0.25) is 0 Å². The summed E-state index contributed by atoms with van der Waals surface area (Å²) in [4.78, 5) is 24.5. The fraction of sp³-hybridized carbons (Fsp3) is 0.474. The third-order valence-corrected chi connectivity index (χ3v) is 4.93. The summed E-state index contributed by atoms with van der Waals surface area (Å²) in [7, 11) is 1.38. The van der Waals surface area contributed by atoms with Gasteiger partial charge in [0.15, 0.2) is 6.10 Å². The molecule has 2 heterocycles. The average Bonchev–Trinajstić information content (AvgIpc) is 3.19. The van der Waals surface area contributed by atoms with Gasteiger partial charge in [0.1, 0.15) is 5.75 Å². The monoisotopic (exact) mass is 343 g/mol. The maximum atomic E-state index is 12.3. The molecule has 1 atom stereocenters. The topological polar surface area (TPSA) is 66.8 Å². The van der Waals surface area contributed by atoms with Crippen LogP contribution >= 0.6 is 0 Å². The van der Waals surface area contributed by atoms with Gasteiger partial charge in [-0.2, -0.15) is 0 Å². The van der Waals surface area contributed by atoms with Crippen molar-refractivity contribution < 1.29 is 23.8 Å². The number of fused-ring (bicyclic) bond motifs is 1. The van der Waals surface area contributed by atoms with Gasteiger partial charge in [0, 0.05) is 29.2 Å². The van der Waals surface area contributed by atoms with Crippen molar-refractivity contribution in [1.82, 2.24) is 4.57 Å². The second kappa shape index (κ2) is 6.19. The van der Waals surface area contributed by atoms with Crippen LogP contribution in [-0.2, 0) is 14.3 Å². The van der Waals surface area contributed by atoms with Gasteiger partial charge < -0.3 is 18.8 Å². The molecule has 2 fully saturated rings. The molecule has 1 saturated carbocycles. The Labute approximate surface area is 145 Å². The molecule has 2 aromatic rings. The molecule has 0 bridgehead atoms. The number of carbonyl (C=O) groups is 2. The standard InChI is InChI=1S/C19H21NO5/c1-11-17(19(22)23-2)14-10-13(25-18(21)16-4-3-9-24-16)7-8-15(14)20(11)12-5-6-12/h7-8,10,12,16H,3-6,9H2,1-2H3. The van der Waals surface area contributed by atoms with Crippen molar-refractivity contribution in [3.8, 4) is 5.75 Å². The highest BCUT2D eigenvalue weighted by molar-refractivity contribution is 6.06. The first-order chi connectivity index (χ1) is 12.1. The Balaban J connectivity index is 1.73. The predicted octanol–water partition coefficient (Wildman–Crippen LogP) is 3.16. The number of benzene rings is 1. The molecule has 1 saturated heterocycles. The minimum atomic E-state index is -0.492. The van der Waals surface area contributed by atoms with Gasteiger partial charge >= 0.3 is 11.9 Å². The van der Waals surface area contributed by atoms with E-state index >= 15 is 0 Å². The lowest BCUT2D eigenvalue weighted by molar-refractivity contribution is -0.144. The molecule has 1 aliphatic carbocycles. The van der Waals surface area contributed by atoms with Crippen LogP contribution in [0, 0.1) is 6.92 Å². The SMILES string of the molecule is COC(=O)c1c(C)n(C2CC2)c2ccc(OC(=O)C3CCCO3)cc12. The van der Waals surface area contributed by atoms with Crippen LogP contribution in [0.25, 0.3) is 10.9 Å². The molecule has 25 heavy (non-hydrogen) atoms. The van der Waals surface area contributed by atoms with Crippen molar-refractivity contribution in [3.63, 3.8) is 0 Å². The zero-order chi connectivity index (χ0) is 17.6. The summed E-state index contributed by atoms with van der Waals surface area (Å²) in [5.74, 6) is -0.328. The van der Waals surface area contributed by atoms with E-state index in [1.165, 1.54) is 7.11 Å². The van der Waals surface area contributed by atoms with Gasteiger partial charge in [0.05, 0.1) is 12.7 Å². The average molecular weight is 343 g/mol. The Morgan fingerprint density at radius 2 is 2.04 bits per heavy atom. The molecule has 1 aromatic heterocycles. The van der Waals surface area contributed by atoms with Gasteiger partial charge in [-0.15, -0.1) is 0 Å². The summed E-state index contributed by atoms with van der Waals surface area (Å²) >= 11 is 0. The van der Waals surface area contributed by atoms with Gasteiger partial charge in [-0.25, -0.2) is 9.59 Å². The minimum Gasteiger partial charge on any atom is -0.465 e. The lowest BCUT2D eigenvalue weighted by Gasteiger charge is -2.10. The largest absolute Gasteiger partial charge is 0.465 e. The fourth-order valence-corrected chi connectivity index (χ4v) is 3.59. The van der Waals surface area contributed by atoms with Crippen molar-refractivity contribution in [2.75, 3.05) is 13.7 Å². The number of carbonyl (C=O) groups excluding carboxylic acids is 2. The number of hydrogen-bond acceptors (Lipinski definition) is 5. The lowest BCUT2D eigenvalue weighted by Crippen LogP contribution is -2.24. The van der Waals surface area contributed by atoms with Crippen LogP contribution in [0.3, 0.4) is 0 Å². The number of aromatic nitrogens is 1. The van der Waals surface area contributed by atoms with Crippen molar-refractivity contribution >= 4 is 22.8 Å². The maximum Gasteiger partial charge on any atom is 0.340 e. The number of nitrogens with zero attached hydrogens (tertiary/aromatic N) is 1. The molecule has 0 amide bonds. The second-order valence-electron chi connectivity index (χ2n) is 6.65. The highest BCUT2D eigenvalue weighted by atomic mass is 16.6. The van der Waals surface area contributed by atoms with E-state index in [1.807, 2.05) is 13.0 Å². The third-order valence-electron chi connectivity index (χ3n) is 4.93. The summed E-state index contributed by atoms with van der Waals surface area (Å²) in [6.07, 6.45) is 3.29. The van der Waals surface area contributed by atoms with E-state index in [1.54, 1.807) is 12.1 Å². The van der Waals surface area contributed by atoms with E-state index < -0.39 is 6.10 Å². The summed E-state index contributed by atoms with van der Waals surface area (Å²) in [5, 5.41) is 0.758. The van der Waals surface area contributed by atoms with Gasteiger partial charge in [-0.05, 0) is 50.8 Å². The molecule has 1 aromatic carbocycles. The van der Waals surface area contributed by atoms with Crippen LogP contribution in [0.15, 0.2) is 18.2 Å². The van der Waals surface area contributed by atoms with E-state index in [2.05, 4.69) is 4.57 Å². The number of rotatable bonds is 4. The first-order valence-corrected chi connectivity index (χ1v) is 8.66. The van der Waals surface area contributed by atoms with E-state index in [4.69, 9.17) is 14.2 Å². The molecule has 6 heteroatoms. The quantitative estimate of drug-likeness (QED) is 0.630. The Morgan fingerprint density at radius 1 is 1.24 bits per heavy atom. The third kappa shape index (κ3) is 2.80. The first-order valence-electron chi connectivity index (χ1n) is 8.66. The maximum absolute atomic E-state index is 12.3. The van der Waals surface area contributed by atoms with E-state index in [0.29, 0.717) is 30.4 Å². The highest BCUT2D eigenvalue weighted by Crippen LogP contribution is 2.42. The Morgan fingerprint density at radius 3 is 2.68 bits per heavy atom. The fourth-order valence-electron chi connectivity index (χ4n) is 3.59. The van der Waals surface area contributed by atoms with Crippen LogP contribution < -0.4 is 4.74 Å². The summed E-state index contributed by atoms with van der Waals surface area (Å²) in [6, 6.07) is 5.86. The lowest BCUT2D eigenvalue weighted by atomic mass is 10.1. The predicted molar refractivity (Wildman–Crippen MR) is 90.9 cm³/mol. The van der Waals surface area contributed by atoms with E-state index in [-0.39, 0.29) is 11.9 Å². The second-order valence-corrected chi connectivity index (χ2v) is 6.65. The van der Waals surface area contributed by atoms with Crippen LogP contribution in [0.2, 0.25) is 0 Å². The molecule has 1 aliphatic heterocycles. The van der Waals surface area contributed by atoms with Crippen molar-refractivity contribution in [1.29, 1.82) is 0 Å². The molecular weight excluding hydrogens is 322 g/mol. The molecule has 4 rings (SSSR count). The minimum absolute atomic E-state index is 0.371. The molecule has 0 radical (unpaired) electrons. The van der Waals surface area contributed by atoms with E-state index in [0.717, 1.165) is 35.9 Å². The zero-order valence-corrected chi connectivity index (χ0v) is 14.4. The normalized spacial score (nSPS) is 20.0. The van der Waals surface area contributed by atoms with Gasteiger partial charge in [-0.3, -0.25) is 0 Å². The highest BCUT2D eigenvalue weighted by Gasteiger charge is 2.31. The van der Waals surface area contributed by atoms with E-state index in [9.17, 15) is 9.59 Å². The van der Waals surface area contributed by atoms with Crippen LogP contribution in [0.1, 0.15) is 47.8 Å². The molecular formula is C19H21NO5. The van der Waals surface area contributed by atoms with Gasteiger partial charge in [-0.1, -0.05) is 0 Å². The molecule has 0 N–H and O–H groups in total. The van der Waals surface area contributed by atoms with Crippen molar-refractivity contribution in [2.45, 2.75) is 44.8 Å². The van der Waals surface area contributed by atoms with Gasteiger partial charge in [0.25, 0.3) is 0 Å². The summed E-state index contributed by atoms with van der Waals surface area (Å²) in [6.45, 7) is 2.53. The molecule has 2 aliphatic rings. The molecule has 1 unspecified atom stereocenters. The Kier molecular flexibility index (Phi) is 4.00. The molecule has 132 valence electrons. The molecule has 6 nitrogen and oxygen atoms in total.